The SMILES string of the molecule is CCCCOC(O)(CC)OC(C)=O. The molecule has 4 heteroatoms. The molecule has 13 heavy (non-hydrogen) atoms. The highest BCUT2D eigenvalue weighted by atomic mass is 16.8. The van der Waals surface area contributed by atoms with E-state index in [-0.39, 0.29) is 6.42 Å². The van der Waals surface area contributed by atoms with Crippen LogP contribution in [0.4, 0.5) is 0 Å². The van der Waals surface area contributed by atoms with Gasteiger partial charge in [0.25, 0.3) is 0 Å². The molecular weight excluding hydrogens is 172 g/mol. The van der Waals surface area contributed by atoms with E-state index in [2.05, 4.69) is 4.74 Å². The monoisotopic (exact) mass is 190 g/mol. The Morgan fingerprint density at radius 2 is 2.08 bits per heavy atom. The summed E-state index contributed by atoms with van der Waals surface area (Å²) in [7, 11) is 0. The Morgan fingerprint density at radius 1 is 1.46 bits per heavy atom. The minimum atomic E-state index is -1.74. The summed E-state index contributed by atoms with van der Waals surface area (Å²) in [6.07, 6.45) is 2.04. The van der Waals surface area contributed by atoms with Gasteiger partial charge >= 0.3 is 11.9 Å². The summed E-state index contributed by atoms with van der Waals surface area (Å²) in [6.45, 7) is 5.34. The van der Waals surface area contributed by atoms with Gasteiger partial charge in [0, 0.05) is 13.3 Å². The molecule has 0 aromatic rings. The lowest BCUT2D eigenvalue weighted by molar-refractivity contribution is -0.342. The van der Waals surface area contributed by atoms with Gasteiger partial charge in [-0.25, -0.2) is 0 Å². The standard InChI is InChI=1S/C9H18O4/c1-4-6-7-12-9(11,5-2)13-8(3)10/h11H,4-7H2,1-3H3. The molecule has 0 aliphatic rings. The minimum Gasteiger partial charge on any atom is -0.408 e. The van der Waals surface area contributed by atoms with E-state index in [0.29, 0.717) is 6.61 Å². The van der Waals surface area contributed by atoms with Crippen molar-refractivity contribution in [3.63, 3.8) is 0 Å². The second-order valence-electron chi connectivity index (χ2n) is 2.86. The van der Waals surface area contributed by atoms with Crippen molar-refractivity contribution < 1.29 is 19.4 Å². The fraction of sp³-hybridized carbons (Fsp3) is 0.889. The first-order chi connectivity index (χ1) is 6.04. The van der Waals surface area contributed by atoms with E-state index in [4.69, 9.17) is 4.74 Å². The maximum absolute atomic E-state index is 10.6. The molecule has 78 valence electrons. The molecule has 0 fully saturated rings. The Kier molecular flexibility index (Phi) is 5.66. The molecule has 0 heterocycles. The van der Waals surface area contributed by atoms with Crippen molar-refractivity contribution >= 4 is 5.97 Å². The minimum absolute atomic E-state index is 0.232. The molecule has 4 nitrogen and oxygen atoms in total. The molecule has 0 saturated heterocycles. The lowest BCUT2D eigenvalue weighted by Gasteiger charge is -2.25. The van der Waals surface area contributed by atoms with Gasteiger partial charge in [-0.3, -0.25) is 4.79 Å². The number of rotatable bonds is 6. The van der Waals surface area contributed by atoms with Crippen molar-refractivity contribution in [1.29, 1.82) is 0 Å². The molecule has 0 aromatic heterocycles. The van der Waals surface area contributed by atoms with Crippen LogP contribution in [0.25, 0.3) is 0 Å². The number of unbranched alkanes of at least 4 members (excludes halogenated alkanes) is 1. The highest BCUT2D eigenvalue weighted by Gasteiger charge is 2.28. The van der Waals surface area contributed by atoms with Crippen LogP contribution in [-0.2, 0) is 14.3 Å². The van der Waals surface area contributed by atoms with E-state index in [0.717, 1.165) is 12.8 Å². The van der Waals surface area contributed by atoms with Crippen molar-refractivity contribution in [2.24, 2.45) is 0 Å². The second-order valence-corrected chi connectivity index (χ2v) is 2.86. The normalized spacial score (nSPS) is 15.1. The summed E-state index contributed by atoms with van der Waals surface area (Å²) in [6, 6.07) is 0. The quantitative estimate of drug-likeness (QED) is 0.391. The maximum Gasteiger partial charge on any atom is 0.326 e. The zero-order valence-electron chi connectivity index (χ0n) is 8.50. The highest BCUT2D eigenvalue weighted by Crippen LogP contribution is 2.14. The molecule has 1 N–H and O–H groups in total. The highest BCUT2D eigenvalue weighted by molar-refractivity contribution is 5.66. The third-order valence-electron chi connectivity index (χ3n) is 1.58. The topological polar surface area (TPSA) is 55.8 Å². The van der Waals surface area contributed by atoms with Crippen molar-refractivity contribution in [2.75, 3.05) is 6.61 Å². The first-order valence-electron chi connectivity index (χ1n) is 4.60. The van der Waals surface area contributed by atoms with Crippen LogP contribution in [0.3, 0.4) is 0 Å². The van der Waals surface area contributed by atoms with Crippen molar-refractivity contribution in [3.8, 4) is 0 Å². The summed E-state index contributed by atoms with van der Waals surface area (Å²) >= 11 is 0. The van der Waals surface area contributed by atoms with E-state index in [1.165, 1.54) is 6.92 Å². The number of hydrogen-bond donors (Lipinski definition) is 1. The third kappa shape index (κ3) is 5.60. The number of esters is 1. The van der Waals surface area contributed by atoms with Crippen LogP contribution in [0, 0.1) is 0 Å². The lowest BCUT2D eigenvalue weighted by Crippen LogP contribution is -2.37. The second kappa shape index (κ2) is 5.94. The Labute approximate surface area is 78.8 Å². The van der Waals surface area contributed by atoms with E-state index in [1.807, 2.05) is 6.92 Å². The van der Waals surface area contributed by atoms with Crippen LogP contribution < -0.4 is 0 Å². The average molecular weight is 190 g/mol. The van der Waals surface area contributed by atoms with Crippen LogP contribution in [0.2, 0.25) is 0 Å². The maximum atomic E-state index is 10.6. The molecule has 1 atom stereocenters. The number of carbonyl (C=O) groups excluding carboxylic acids is 1. The number of carbonyl (C=O) groups is 1. The molecule has 0 radical (unpaired) electrons. The van der Waals surface area contributed by atoms with E-state index < -0.39 is 11.9 Å². The van der Waals surface area contributed by atoms with Gasteiger partial charge in [0.05, 0.1) is 6.61 Å². The summed E-state index contributed by atoms with van der Waals surface area (Å²) < 4.78 is 9.67. The predicted octanol–water partition coefficient (Wildman–Crippen LogP) is 1.42. The lowest BCUT2D eigenvalue weighted by atomic mass is 10.3. The van der Waals surface area contributed by atoms with Gasteiger partial charge in [0.2, 0.25) is 0 Å². The Bertz CT molecular complexity index is 158. The van der Waals surface area contributed by atoms with E-state index in [9.17, 15) is 9.90 Å². The van der Waals surface area contributed by atoms with Crippen LogP contribution in [0.15, 0.2) is 0 Å². The average Bonchev–Trinajstić information content (AvgIpc) is 2.04. The van der Waals surface area contributed by atoms with Crippen LogP contribution >= 0.6 is 0 Å². The van der Waals surface area contributed by atoms with Gasteiger partial charge in [-0.1, -0.05) is 20.3 Å². The van der Waals surface area contributed by atoms with Crippen LogP contribution in [0.5, 0.6) is 0 Å². The number of ether oxygens (including phenoxy) is 2. The van der Waals surface area contributed by atoms with Gasteiger partial charge in [-0.2, -0.15) is 0 Å². The van der Waals surface area contributed by atoms with Crippen molar-refractivity contribution in [1.82, 2.24) is 0 Å². The third-order valence-corrected chi connectivity index (χ3v) is 1.58. The first-order valence-corrected chi connectivity index (χ1v) is 4.60. The molecule has 0 saturated carbocycles. The Balaban J connectivity index is 3.88. The van der Waals surface area contributed by atoms with Gasteiger partial charge in [0.1, 0.15) is 0 Å². The molecule has 0 bridgehead atoms. The molecule has 0 aliphatic heterocycles. The predicted molar refractivity (Wildman–Crippen MR) is 47.9 cm³/mol. The zero-order chi connectivity index (χ0) is 10.3. The summed E-state index contributed by atoms with van der Waals surface area (Å²) in [5.41, 5.74) is 0. The Morgan fingerprint density at radius 3 is 2.46 bits per heavy atom. The zero-order valence-corrected chi connectivity index (χ0v) is 8.50. The van der Waals surface area contributed by atoms with Crippen LogP contribution in [-0.4, -0.2) is 23.7 Å². The molecule has 0 aliphatic carbocycles. The Hall–Kier alpha value is -0.610. The van der Waals surface area contributed by atoms with Crippen molar-refractivity contribution in [3.05, 3.63) is 0 Å². The molecule has 0 aromatic carbocycles. The van der Waals surface area contributed by atoms with Crippen molar-refractivity contribution in [2.45, 2.75) is 46.0 Å². The summed E-state index contributed by atoms with van der Waals surface area (Å²) in [5.74, 6) is -2.28. The number of hydrogen-bond acceptors (Lipinski definition) is 4. The largest absolute Gasteiger partial charge is 0.408 e. The van der Waals surface area contributed by atoms with E-state index >= 15 is 0 Å². The number of aliphatic hydroxyl groups is 1. The van der Waals surface area contributed by atoms with Crippen LogP contribution in [0.1, 0.15) is 40.0 Å². The first kappa shape index (κ1) is 12.4. The molecule has 0 spiro atoms. The van der Waals surface area contributed by atoms with Gasteiger partial charge in [-0.05, 0) is 6.42 Å². The molecular formula is C9H18O4. The van der Waals surface area contributed by atoms with E-state index in [1.54, 1.807) is 6.92 Å². The molecule has 1 unspecified atom stereocenters. The smallest absolute Gasteiger partial charge is 0.326 e. The summed E-state index contributed by atoms with van der Waals surface area (Å²) in [4.78, 5) is 10.6. The fourth-order valence-corrected chi connectivity index (χ4v) is 0.804. The summed E-state index contributed by atoms with van der Waals surface area (Å²) in [5, 5.41) is 9.55. The van der Waals surface area contributed by atoms with Gasteiger partial charge < -0.3 is 14.6 Å². The molecule has 0 amide bonds. The van der Waals surface area contributed by atoms with Gasteiger partial charge in [0.15, 0.2) is 0 Å². The van der Waals surface area contributed by atoms with Gasteiger partial charge in [-0.15, -0.1) is 0 Å². The molecule has 0 rings (SSSR count). The fourth-order valence-electron chi connectivity index (χ4n) is 0.804.